The predicted octanol–water partition coefficient (Wildman–Crippen LogP) is 2.76. The molecule has 0 spiro atoms. The summed E-state index contributed by atoms with van der Waals surface area (Å²) in [5.74, 6) is 0. The van der Waals surface area contributed by atoms with E-state index in [1.165, 1.54) is 0 Å². The molecule has 1 aromatic heterocycles. The summed E-state index contributed by atoms with van der Waals surface area (Å²) in [6, 6.07) is 0. The fraction of sp³-hybridized carbons (Fsp3) is 0.375. The first-order valence-corrected chi connectivity index (χ1v) is 4.36. The lowest BCUT2D eigenvalue weighted by Crippen LogP contribution is -1.90. The van der Waals surface area contributed by atoms with E-state index in [-0.39, 0.29) is 0 Å². The fourth-order valence-electron chi connectivity index (χ4n) is 0.515. The number of hydrogen-bond acceptors (Lipinski definition) is 2. The molecule has 0 radical (unpaired) electrons. The summed E-state index contributed by atoms with van der Waals surface area (Å²) in [4.78, 5) is 3.87. The molecule has 0 unspecified atom stereocenters. The molecule has 62 valence electrons. The summed E-state index contributed by atoms with van der Waals surface area (Å²) in [5, 5.41) is 0. The van der Waals surface area contributed by atoms with Gasteiger partial charge in [0.25, 0.3) is 0 Å². The number of pyridine rings is 1. The lowest BCUT2D eigenvalue weighted by atomic mass is 10.3. The van der Waals surface area contributed by atoms with Gasteiger partial charge in [0.1, 0.15) is 0 Å². The molecule has 11 heavy (non-hydrogen) atoms. The SMILES string of the molecule is CC.Cc1c(N)cncc1Br. The maximum absolute atomic E-state index is 5.53. The van der Waals surface area contributed by atoms with Crippen molar-refractivity contribution in [2.45, 2.75) is 20.8 Å². The van der Waals surface area contributed by atoms with Crippen molar-refractivity contribution in [1.29, 1.82) is 0 Å². The van der Waals surface area contributed by atoms with Crippen LogP contribution in [0.3, 0.4) is 0 Å². The number of hydrogen-bond donors (Lipinski definition) is 1. The summed E-state index contributed by atoms with van der Waals surface area (Å²) in [6.07, 6.45) is 3.37. The van der Waals surface area contributed by atoms with Crippen LogP contribution in [0.25, 0.3) is 0 Å². The molecule has 0 fully saturated rings. The molecule has 1 aromatic rings. The van der Waals surface area contributed by atoms with E-state index in [9.17, 15) is 0 Å². The number of nitrogens with two attached hydrogens (primary N) is 1. The molecule has 2 N–H and O–H groups in total. The van der Waals surface area contributed by atoms with Crippen molar-refractivity contribution in [1.82, 2.24) is 4.98 Å². The standard InChI is InChI=1S/C6H7BrN2.C2H6/c1-4-5(7)2-9-3-6(4)8;1-2/h2-3H,8H2,1H3;1-2H3. The normalized spacial score (nSPS) is 8.36. The van der Waals surface area contributed by atoms with Crippen LogP contribution in [0.15, 0.2) is 16.9 Å². The smallest absolute Gasteiger partial charge is 0.0541 e. The molecule has 2 nitrogen and oxygen atoms in total. The first kappa shape index (κ1) is 10.4. The maximum Gasteiger partial charge on any atom is 0.0541 e. The van der Waals surface area contributed by atoms with Crippen molar-refractivity contribution in [2.24, 2.45) is 0 Å². The Hall–Kier alpha value is -0.570. The number of halogens is 1. The molecule has 3 heteroatoms. The molecule has 0 saturated carbocycles. The van der Waals surface area contributed by atoms with E-state index in [2.05, 4.69) is 20.9 Å². The zero-order chi connectivity index (χ0) is 8.85. The van der Waals surface area contributed by atoms with Crippen LogP contribution in [0, 0.1) is 6.92 Å². The van der Waals surface area contributed by atoms with Gasteiger partial charge in [0.05, 0.1) is 11.9 Å². The largest absolute Gasteiger partial charge is 0.397 e. The third-order valence-corrected chi connectivity index (χ3v) is 1.99. The third kappa shape index (κ3) is 2.89. The van der Waals surface area contributed by atoms with E-state index in [4.69, 9.17) is 5.73 Å². The topological polar surface area (TPSA) is 38.9 Å². The Labute approximate surface area is 76.0 Å². The Morgan fingerprint density at radius 3 is 2.27 bits per heavy atom. The first-order valence-electron chi connectivity index (χ1n) is 3.57. The van der Waals surface area contributed by atoms with Crippen molar-refractivity contribution >= 4 is 21.6 Å². The minimum absolute atomic E-state index is 0.726. The minimum Gasteiger partial charge on any atom is -0.397 e. The highest BCUT2D eigenvalue weighted by molar-refractivity contribution is 9.10. The summed E-state index contributed by atoms with van der Waals surface area (Å²) < 4.78 is 0.961. The van der Waals surface area contributed by atoms with Crippen LogP contribution < -0.4 is 5.73 Å². The second kappa shape index (κ2) is 5.13. The molecule has 0 atom stereocenters. The van der Waals surface area contributed by atoms with Gasteiger partial charge >= 0.3 is 0 Å². The fourth-order valence-corrected chi connectivity index (χ4v) is 0.862. The van der Waals surface area contributed by atoms with E-state index in [0.717, 1.165) is 15.7 Å². The van der Waals surface area contributed by atoms with Crippen LogP contribution in [0.4, 0.5) is 5.69 Å². The monoisotopic (exact) mass is 216 g/mol. The van der Waals surface area contributed by atoms with Gasteiger partial charge in [0.2, 0.25) is 0 Å². The highest BCUT2D eigenvalue weighted by atomic mass is 79.9. The molecule has 0 aliphatic heterocycles. The van der Waals surface area contributed by atoms with Gasteiger partial charge in [-0.3, -0.25) is 4.98 Å². The predicted molar refractivity (Wildman–Crippen MR) is 52.4 cm³/mol. The Kier molecular flexibility index (Phi) is 4.86. The second-order valence-electron chi connectivity index (χ2n) is 1.84. The minimum atomic E-state index is 0.726. The van der Waals surface area contributed by atoms with Gasteiger partial charge in [-0.1, -0.05) is 13.8 Å². The van der Waals surface area contributed by atoms with Crippen LogP contribution in [-0.4, -0.2) is 4.98 Å². The van der Waals surface area contributed by atoms with Gasteiger partial charge in [-0.15, -0.1) is 0 Å². The van der Waals surface area contributed by atoms with Crippen molar-refractivity contribution < 1.29 is 0 Å². The molecule has 1 heterocycles. The molecular formula is C8H13BrN2. The molecule has 0 bridgehead atoms. The van der Waals surface area contributed by atoms with E-state index < -0.39 is 0 Å². The molecule has 0 aliphatic rings. The van der Waals surface area contributed by atoms with Gasteiger partial charge in [-0.05, 0) is 28.4 Å². The molecule has 0 amide bonds. The van der Waals surface area contributed by atoms with Gasteiger partial charge in [0, 0.05) is 10.7 Å². The van der Waals surface area contributed by atoms with E-state index in [1.54, 1.807) is 12.4 Å². The van der Waals surface area contributed by atoms with Crippen LogP contribution >= 0.6 is 15.9 Å². The maximum atomic E-state index is 5.53. The number of rotatable bonds is 0. The van der Waals surface area contributed by atoms with E-state index >= 15 is 0 Å². The quantitative estimate of drug-likeness (QED) is 0.725. The lowest BCUT2D eigenvalue weighted by Gasteiger charge is -1.98. The van der Waals surface area contributed by atoms with E-state index in [0.29, 0.717) is 0 Å². The number of anilines is 1. The number of nitrogens with zero attached hydrogens (tertiary/aromatic N) is 1. The van der Waals surface area contributed by atoms with Crippen molar-refractivity contribution in [3.63, 3.8) is 0 Å². The Morgan fingerprint density at radius 2 is 1.91 bits per heavy atom. The Bertz CT molecular complexity index is 203. The number of aromatic nitrogens is 1. The highest BCUT2D eigenvalue weighted by Crippen LogP contribution is 2.18. The molecular weight excluding hydrogens is 204 g/mol. The second-order valence-corrected chi connectivity index (χ2v) is 2.69. The van der Waals surface area contributed by atoms with Crippen LogP contribution in [0.2, 0.25) is 0 Å². The van der Waals surface area contributed by atoms with Gasteiger partial charge < -0.3 is 5.73 Å². The van der Waals surface area contributed by atoms with Crippen LogP contribution in [-0.2, 0) is 0 Å². The summed E-state index contributed by atoms with van der Waals surface area (Å²) in [6.45, 7) is 5.95. The summed E-state index contributed by atoms with van der Waals surface area (Å²) in [5.41, 5.74) is 7.30. The third-order valence-electron chi connectivity index (χ3n) is 1.19. The molecule has 0 saturated heterocycles. The van der Waals surface area contributed by atoms with Crippen LogP contribution in [0.1, 0.15) is 19.4 Å². The average molecular weight is 217 g/mol. The van der Waals surface area contributed by atoms with Crippen molar-refractivity contribution in [3.8, 4) is 0 Å². The summed E-state index contributed by atoms with van der Waals surface area (Å²) in [7, 11) is 0. The number of nitrogen functional groups attached to an aromatic ring is 1. The first-order chi connectivity index (χ1) is 5.22. The van der Waals surface area contributed by atoms with Gasteiger partial charge in [-0.2, -0.15) is 0 Å². The van der Waals surface area contributed by atoms with E-state index in [1.807, 2.05) is 20.8 Å². The highest BCUT2D eigenvalue weighted by Gasteiger charge is 1.95. The van der Waals surface area contributed by atoms with Gasteiger partial charge in [0.15, 0.2) is 0 Å². The Balaban J connectivity index is 0.000000461. The zero-order valence-corrected chi connectivity index (χ0v) is 8.64. The van der Waals surface area contributed by atoms with Crippen molar-refractivity contribution in [3.05, 3.63) is 22.4 Å². The lowest BCUT2D eigenvalue weighted by molar-refractivity contribution is 1.27. The van der Waals surface area contributed by atoms with Gasteiger partial charge in [-0.25, -0.2) is 0 Å². The van der Waals surface area contributed by atoms with Crippen LogP contribution in [0.5, 0.6) is 0 Å². The summed E-state index contributed by atoms with van der Waals surface area (Å²) >= 11 is 3.30. The Morgan fingerprint density at radius 1 is 1.36 bits per heavy atom. The molecule has 0 aromatic carbocycles. The molecule has 1 rings (SSSR count). The van der Waals surface area contributed by atoms with Crippen molar-refractivity contribution in [2.75, 3.05) is 5.73 Å². The zero-order valence-electron chi connectivity index (χ0n) is 7.06. The average Bonchev–Trinajstić information content (AvgIpc) is 2.04. The molecule has 0 aliphatic carbocycles.